The van der Waals surface area contributed by atoms with Gasteiger partial charge in [0.1, 0.15) is 16.6 Å². The number of nitrogens with zero attached hydrogens (tertiary/aromatic N) is 3. The molecular formula is C24H29N3O5S. The number of hydrogen-bond acceptors (Lipinski definition) is 5. The summed E-state index contributed by atoms with van der Waals surface area (Å²) < 4.78 is 34.5. The molecule has 1 amide bonds. The minimum Gasteiger partial charge on any atom is -0.461 e. The zero-order chi connectivity index (χ0) is 23.6. The Balaban J connectivity index is 1.51. The van der Waals surface area contributed by atoms with Crippen LogP contribution in [0, 0.1) is 0 Å². The Labute approximate surface area is 194 Å². The fourth-order valence-corrected chi connectivity index (χ4v) is 6.21. The van der Waals surface area contributed by atoms with Crippen molar-refractivity contribution in [1.82, 2.24) is 13.8 Å². The quantitative estimate of drug-likeness (QED) is 0.605. The molecule has 8 nitrogen and oxygen atoms in total. The molecule has 0 unspecified atom stereocenters. The number of benzene rings is 1. The summed E-state index contributed by atoms with van der Waals surface area (Å²) in [5.74, 6) is -0.745. The maximum Gasteiger partial charge on any atom is 0.354 e. The molecule has 0 aliphatic carbocycles. The Morgan fingerprint density at radius 2 is 1.91 bits per heavy atom. The molecule has 0 N–H and O–H groups in total. The first kappa shape index (κ1) is 23.3. The van der Waals surface area contributed by atoms with Crippen LogP contribution in [0.4, 0.5) is 0 Å². The van der Waals surface area contributed by atoms with E-state index in [0.29, 0.717) is 25.9 Å². The topological polar surface area (TPSA) is 88.9 Å². The van der Waals surface area contributed by atoms with Crippen LogP contribution in [0.15, 0.2) is 53.6 Å². The summed E-state index contributed by atoms with van der Waals surface area (Å²) in [6, 6.07) is 10.7. The first-order valence-corrected chi connectivity index (χ1v) is 12.7. The zero-order valence-corrected chi connectivity index (χ0v) is 19.8. The third kappa shape index (κ3) is 4.60. The Bertz CT molecular complexity index is 1170. The second-order valence-electron chi connectivity index (χ2n) is 8.30. The van der Waals surface area contributed by atoms with Crippen LogP contribution in [0.2, 0.25) is 0 Å². The number of rotatable bonds is 6. The lowest BCUT2D eigenvalue weighted by Gasteiger charge is -2.31. The number of ether oxygens (including phenoxy) is 1. The smallest absolute Gasteiger partial charge is 0.354 e. The van der Waals surface area contributed by atoms with Gasteiger partial charge in [-0.05, 0) is 43.4 Å². The highest BCUT2D eigenvalue weighted by atomic mass is 32.2. The van der Waals surface area contributed by atoms with Crippen LogP contribution in [0.1, 0.15) is 42.2 Å². The monoisotopic (exact) mass is 471 g/mol. The summed E-state index contributed by atoms with van der Waals surface area (Å²) in [7, 11) is -2.33. The molecule has 1 saturated heterocycles. The number of carbonyl (C=O) groups excluding carboxylic acids is 2. The van der Waals surface area contributed by atoms with E-state index in [1.54, 1.807) is 18.9 Å². The molecule has 2 aromatic rings. The summed E-state index contributed by atoms with van der Waals surface area (Å²) in [6.45, 7) is 3.19. The van der Waals surface area contributed by atoms with E-state index in [1.165, 1.54) is 26.7 Å². The van der Waals surface area contributed by atoms with E-state index in [4.69, 9.17) is 4.74 Å². The predicted octanol–water partition coefficient (Wildman–Crippen LogP) is 2.67. The lowest BCUT2D eigenvalue weighted by Crippen LogP contribution is -2.48. The highest BCUT2D eigenvalue weighted by Gasteiger charge is 2.42. The Kier molecular flexibility index (Phi) is 6.71. The van der Waals surface area contributed by atoms with Gasteiger partial charge in [-0.1, -0.05) is 36.4 Å². The van der Waals surface area contributed by atoms with Gasteiger partial charge in [0.2, 0.25) is 15.9 Å². The minimum atomic E-state index is -3.93. The average molecular weight is 472 g/mol. The van der Waals surface area contributed by atoms with Crippen molar-refractivity contribution < 1.29 is 22.7 Å². The number of aryl methyl sites for hydroxylation is 1. The van der Waals surface area contributed by atoms with Crippen LogP contribution in [-0.2, 0) is 26.6 Å². The summed E-state index contributed by atoms with van der Waals surface area (Å²) >= 11 is 0. The van der Waals surface area contributed by atoms with Gasteiger partial charge in [0, 0.05) is 32.9 Å². The second kappa shape index (κ2) is 9.52. The van der Waals surface area contributed by atoms with Gasteiger partial charge < -0.3 is 14.2 Å². The molecule has 1 aromatic carbocycles. The van der Waals surface area contributed by atoms with Crippen LogP contribution < -0.4 is 0 Å². The van der Waals surface area contributed by atoms with Gasteiger partial charge in [0.15, 0.2) is 0 Å². The summed E-state index contributed by atoms with van der Waals surface area (Å²) in [4.78, 5) is 27.2. The van der Waals surface area contributed by atoms with Crippen molar-refractivity contribution in [3.05, 3.63) is 59.9 Å². The third-order valence-electron chi connectivity index (χ3n) is 6.23. The van der Waals surface area contributed by atoms with Crippen molar-refractivity contribution in [2.45, 2.75) is 37.1 Å². The van der Waals surface area contributed by atoms with Crippen molar-refractivity contribution in [2.24, 2.45) is 7.05 Å². The van der Waals surface area contributed by atoms with Gasteiger partial charge in [-0.25, -0.2) is 13.2 Å². The standard InChI is InChI=1S/C24H29N3O5S/c1-3-32-24(29)22-16-20(17-25(22)2)33(30,31)27-13-7-10-21(27)23(28)26-14-11-19(12-15-26)18-8-5-4-6-9-18/h4-6,8-9,11,16-17,21H,3,7,10,12-15H2,1-2H3/t21-/m0/s1. The fourth-order valence-electron chi connectivity index (χ4n) is 4.49. The second-order valence-corrected chi connectivity index (χ2v) is 10.2. The van der Waals surface area contributed by atoms with Gasteiger partial charge >= 0.3 is 5.97 Å². The van der Waals surface area contributed by atoms with Gasteiger partial charge in [-0.2, -0.15) is 4.31 Å². The van der Waals surface area contributed by atoms with Crippen LogP contribution in [0.5, 0.6) is 0 Å². The third-order valence-corrected chi connectivity index (χ3v) is 8.10. The Morgan fingerprint density at radius 3 is 2.58 bits per heavy atom. The molecule has 2 aliphatic rings. The molecule has 0 bridgehead atoms. The largest absolute Gasteiger partial charge is 0.461 e. The molecule has 1 aromatic heterocycles. The number of aromatic nitrogens is 1. The molecule has 0 saturated carbocycles. The molecule has 3 heterocycles. The molecule has 1 atom stereocenters. The van der Waals surface area contributed by atoms with Crippen LogP contribution >= 0.6 is 0 Å². The molecule has 0 radical (unpaired) electrons. The van der Waals surface area contributed by atoms with E-state index in [1.807, 2.05) is 24.3 Å². The highest BCUT2D eigenvalue weighted by Crippen LogP contribution is 2.30. The summed E-state index contributed by atoms with van der Waals surface area (Å²) in [5, 5.41) is 0. The Hall–Kier alpha value is -2.91. The minimum absolute atomic E-state index is 0.00217. The maximum atomic E-state index is 13.4. The van der Waals surface area contributed by atoms with Gasteiger partial charge in [-0.15, -0.1) is 0 Å². The fraction of sp³-hybridized carbons (Fsp3) is 0.417. The zero-order valence-electron chi connectivity index (χ0n) is 18.9. The number of sulfonamides is 1. The number of carbonyl (C=O) groups is 2. The lowest BCUT2D eigenvalue weighted by atomic mass is 9.99. The van der Waals surface area contributed by atoms with E-state index in [-0.39, 0.29) is 29.6 Å². The van der Waals surface area contributed by atoms with Crippen LogP contribution in [0.3, 0.4) is 0 Å². The predicted molar refractivity (Wildman–Crippen MR) is 124 cm³/mol. The van der Waals surface area contributed by atoms with Crippen LogP contribution in [0.25, 0.3) is 5.57 Å². The molecule has 0 spiro atoms. The molecule has 2 aliphatic heterocycles. The van der Waals surface area contributed by atoms with E-state index in [2.05, 4.69) is 12.1 Å². The molecular weight excluding hydrogens is 442 g/mol. The molecule has 4 rings (SSSR count). The van der Waals surface area contributed by atoms with Crippen molar-refractivity contribution >= 4 is 27.5 Å². The number of esters is 1. The molecule has 1 fully saturated rings. The molecule has 9 heteroatoms. The average Bonchev–Trinajstić information content (AvgIpc) is 3.47. The normalized spacial score (nSPS) is 19.4. The number of hydrogen-bond donors (Lipinski definition) is 0. The Morgan fingerprint density at radius 1 is 1.15 bits per heavy atom. The van der Waals surface area contributed by atoms with E-state index < -0.39 is 22.0 Å². The van der Waals surface area contributed by atoms with E-state index in [0.717, 1.165) is 12.0 Å². The van der Waals surface area contributed by atoms with Gasteiger partial charge in [0.25, 0.3) is 0 Å². The summed E-state index contributed by atoms with van der Waals surface area (Å²) in [5.41, 5.74) is 2.51. The SMILES string of the molecule is CCOC(=O)c1cc(S(=O)(=O)N2CCC[C@H]2C(=O)N2CC=C(c3ccccc3)CC2)cn1C. The van der Waals surface area contributed by atoms with Crippen molar-refractivity contribution in [3.63, 3.8) is 0 Å². The summed E-state index contributed by atoms with van der Waals surface area (Å²) in [6.07, 6.45) is 5.29. The molecule has 33 heavy (non-hydrogen) atoms. The van der Waals surface area contributed by atoms with Crippen molar-refractivity contribution in [1.29, 1.82) is 0 Å². The number of amides is 1. The van der Waals surface area contributed by atoms with Crippen LogP contribution in [-0.4, -0.2) is 66.3 Å². The van der Waals surface area contributed by atoms with Gasteiger partial charge in [0.05, 0.1) is 6.61 Å². The first-order chi connectivity index (χ1) is 15.8. The maximum absolute atomic E-state index is 13.4. The van der Waals surface area contributed by atoms with Crippen molar-refractivity contribution in [2.75, 3.05) is 26.2 Å². The van der Waals surface area contributed by atoms with E-state index >= 15 is 0 Å². The van der Waals surface area contributed by atoms with Gasteiger partial charge in [-0.3, -0.25) is 4.79 Å². The lowest BCUT2D eigenvalue weighted by molar-refractivity contribution is -0.134. The first-order valence-electron chi connectivity index (χ1n) is 11.2. The highest BCUT2D eigenvalue weighted by molar-refractivity contribution is 7.89. The van der Waals surface area contributed by atoms with E-state index in [9.17, 15) is 18.0 Å². The molecule has 176 valence electrons. The van der Waals surface area contributed by atoms with Crippen molar-refractivity contribution in [3.8, 4) is 0 Å².